The van der Waals surface area contributed by atoms with Gasteiger partial charge in [-0.15, -0.1) is 0 Å². The van der Waals surface area contributed by atoms with E-state index >= 15 is 0 Å². The van der Waals surface area contributed by atoms with Crippen LogP contribution in [0.15, 0.2) is 36.7 Å². The van der Waals surface area contributed by atoms with Crippen LogP contribution in [-0.4, -0.2) is 9.55 Å². The SMILES string of the molecule is CCCn1ccnc1CC(NN)c1ccc(I)cc1. The number of benzene rings is 1. The monoisotopic (exact) mass is 370 g/mol. The van der Waals surface area contributed by atoms with E-state index in [2.05, 4.69) is 68.8 Å². The molecule has 4 nitrogen and oxygen atoms in total. The minimum Gasteiger partial charge on any atom is -0.335 e. The lowest BCUT2D eigenvalue weighted by atomic mass is 10.0. The summed E-state index contributed by atoms with van der Waals surface area (Å²) in [5, 5.41) is 0. The van der Waals surface area contributed by atoms with Crippen molar-refractivity contribution in [2.24, 2.45) is 5.84 Å². The van der Waals surface area contributed by atoms with Crippen molar-refractivity contribution < 1.29 is 0 Å². The fourth-order valence-electron chi connectivity index (χ4n) is 2.13. The van der Waals surface area contributed by atoms with E-state index in [1.54, 1.807) is 0 Å². The first-order chi connectivity index (χ1) is 9.24. The quantitative estimate of drug-likeness (QED) is 0.467. The molecule has 1 aromatic carbocycles. The largest absolute Gasteiger partial charge is 0.335 e. The molecule has 0 aliphatic rings. The van der Waals surface area contributed by atoms with Crippen molar-refractivity contribution in [3.8, 4) is 0 Å². The molecule has 1 aromatic heterocycles. The van der Waals surface area contributed by atoms with Crippen molar-refractivity contribution in [2.75, 3.05) is 0 Å². The highest BCUT2D eigenvalue weighted by Gasteiger charge is 2.13. The van der Waals surface area contributed by atoms with Gasteiger partial charge in [0.15, 0.2) is 0 Å². The topological polar surface area (TPSA) is 55.9 Å². The highest BCUT2D eigenvalue weighted by molar-refractivity contribution is 14.1. The molecule has 19 heavy (non-hydrogen) atoms. The predicted octanol–water partition coefficient (Wildman–Crippen LogP) is 2.64. The highest BCUT2D eigenvalue weighted by atomic mass is 127. The second-order valence-electron chi connectivity index (χ2n) is 4.51. The third-order valence-electron chi connectivity index (χ3n) is 3.13. The van der Waals surface area contributed by atoms with Crippen molar-refractivity contribution in [1.82, 2.24) is 15.0 Å². The van der Waals surface area contributed by atoms with Crippen LogP contribution < -0.4 is 11.3 Å². The zero-order valence-electron chi connectivity index (χ0n) is 11.0. The Morgan fingerprint density at radius 2 is 2.11 bits per heavy atom. The molecule has 0 spiro atoms. The number of rotatable bonds is 6. The summed E-state index contributed by atoms with van der Waals surface area (Å²) in [6.07, 6.45) is 5.78. The summed E-state index contributed by atoms with van der Waals surface area (Å²) < 4.78 is 3.42. The van der Waals surface area contributed by atoms with Gasteiger partial charge in [0.1, 0.15) is 5.82 Å². The van der Waals surface area contributed by atoms with Gasteiger partial charge in [0.25, 0.3) is 0 Å². The van der Waals surface area contributed by atoms with Gasteiger partial charge in [-0.25, -0.2) is 4.98 Å². The first-order valence-electron chi connectivity index (χ1n) is 6.46. The Morgan fingerprint density at radius 3 is 2.74 bits per heavy atom. The van der Waals surface area contributed by atoms with E-state index in [0.29, 0.717) is 0 Å². The van der Waals surface area contributed by atoms with E-state index in [9.17, 15) is 0 Å². The molecule has 0 radical (unpaired) electrons. The Bertz CT molecular complexity index is 506. The van der Waals surface area contributed by atoms with Crippen LogP contribution in [0.3, 0.4) is 0 Å². The fraction of sp³-hybridized carbons (Fsp3) is 0.357. The maximum Gasteiger partial charge on any atom is 0.110 e. The van der Waals surface area contributed by atoms with Crippen molar-refractivity contribution >= 4 is 22.6 Å². The van der Waals surface area contributed by atoms with Crippen molar-refractivity contribution in [1.29, 1.82) is 0 Å². The fourth-order valence-corrected chi connectivity index (χ4v) is 2.48. The zero-order chi connectivity index (χ0) is 13.7. The maximum absolute atomic E-state index is 5.69. The second kappa shape index (κ2) is 7.02. The molecule has 1 unspecified atom stereocenters. The number of aryl methyl sites for hydroxylation is 1. The molecule has 0 aliphatic heterocycles. The smallest absolute Gasteiger partial charge is 0.110 e. The van der Waals surface area contributed by atoms with E-state index in [1.165, 1.54) is 9.13 Å². The van der Waals surface area contributed by atoms with Gasteiger partial charge in [-0.3, -0.25) is 11.3 Å². The molecule has 0 saturated carbocycles. The van der Waals surface area contributed by atoms with Crippen LogP contribution in [-0.2, 0) is 13.0 Å². The maximum atomic E-state index is 5.69. The summed E-state index contributed by atoms with van der Waals surface area (Å²) in [4.78, 5) is 4.43. The molecule has 0 saturated heterocycles. The van der Waals surface area contributed by atoms with E-state index in [-0.39, 0.29) is 6.04 Å². The molecular formula is C14H19IN4. The molecule has 0 aliphatic carbocycles. The average Bonchev–Trinajstić information content (AvgIpc) is 2.85. The van der Waals surface area contributed by atoms with Crippen LogP contribution in [0.2, 0.25) is 0 Å². The number of hydrogen-bond acceptors (Lipinski definition) is 3. The van der Waals surface area contributed by atoms with Crippen LogP contribution in [0.4, 0.5) is 0 Å². The zero-order valence-corrected chi connectivity index (χ0v) is 13.2. The van der Waals surface area contributed by atoms with Gasteiger partial charge >= 0.3 is 0 Å². The molecule has 0 bridgehead atoms. The number of nitrogens with two attached hydrogens (primary N) is 1. The number of halogens is 1. The number of nitrogens with zero attached hydrogens (tertiary/aromatic N) is 2. The molecule has 3 N–H and O–H groups in total. The summed E-state index contributed by atoms with van der Waals surface area (Å²) in [5.74, 6) is 6.77. The van der Waals surface area contributed by atoms with Crippen molar-refractivity contribution in [3.63, 3.8) is 0 Å². The first kappa shape index (κ1) is 14.5. The molecule has 1 heterocycles. The summed E-state index contributed by atoms with van der Waals surface area (Å²) >= 11 is 2.30. The number of imidazole rings is 1. The third kappa shape index (κ3) is 3.77. The van der Waals surface area contributed by atoms with E-state index in [4.69, 9.17) is 5.84 Å². The lowest BCUT2D eigenvalue weighted by molar-refractivity contribution is 0.517. The molecule has 2 rings (SSSR count). The number of hydrazine groups is 1. The molecule has 0 fully saturated rings. The molecule has 5 heteroatoms. The van der Waals surface area contributed by atoms with Gasteiger partial charge in [-0.2, -0.15) is 0 Å². The second-order valence-corrected chi connectivity index (χ2v) is 5.76. The van der Waals surface area contributed by atoms with Crippen molar-refractivity contribution in [3.05, 3.63) is 51.6 Å². The summed E-state index contributed by atoms with van der Waals surface area (Å²) in [7, 11) is 0. The Balaban J connectivity index is 2.14. The van der Waals surface area contributed by atoms with Gasteiger partial charge in [0.05, 0.1) is 6.04 Å². The summed E-state index contributed by atoms with van der Waals surface area (Å²) in [6.45, 7) is 3.17. The first-order valence-corrected chi connectivity index (χ1v) is 7.54. The minimum atomic E-state index is 0.0926. The highest BCUT2D eigenvalue weighted by Crippen LogP contribution is 2.18. The number of nitrogens with one attached hydrogen (secondary N) is 1. The Kier molecular flexibility index (Phi) is 5.35. The van der Waals surface area contributed by atoms with Gasteiger partial charge in [0, 0.05) is 28.9 Å². The van der Waals surface area contributed by atoms with Gasteiger partial charge in [-0.05, 0) is 46.7 Å². The van der Waals surface area contributed by atoms with E-state index in [1.807, 2.05) is 12.4 Å². The standard InChI is InChI=1S/C14H19IN4/c1-2-8-19-9-7-17-14(19)10-13(18-16)11-3-5-12(15)6-4-11/h3-7,9,13,18H,2,8,10,16H2,1H3. The van der Waals surface area contributed by atoms with Crippen LogP contribution in [0, 0.1) is 3.57 Å². The van der Waals surface area contributed by atoms with E-state index in [0.717, 1.165) is 25.2 Å². The van der Waals surface area contributed by atoms with E-state index < -0.39 is 0 Å². The molecular weight excluding hydrogens is 351 g/mol. The average molecular weight is 370 g/mol. The number of hydrogen-bond donors (Lipinski definition) is 2. The van der Waals surface area contributed by atoms with Crippen molar-refractivity contribution in [2.45, 2.75) is 32.4 Å². The van der Waals surface area contributed by atoms with Gasteiger partial charge in [-0.1, -0.05) is 19.1 Å². The van der Waals surface area contributed by atoms with Crippen LogP contribution >= 0.6 is 22.6 Å². The predicted molar refractivity (Wildman–Crippen MR) is 85.4 cm³/mol. The summed E-state index contributed by atoms with van der Waals surface area (Å²) in [6, 6.07) is 8.51. The molecule has 0 amide bonds. The molecule has 102 valence electrons. The molecule has 2 aromatic rings. The lowest BCUT2D eigenvalue weighted by Gasteiger charge is -2.17. The van der Waals surface area contributed by atoms with Crippen LogP contribution in [0.1, 0.15) is 30.8 Å². The lowest BCUT2D eigenvalue weighted by Crippen LogP contribution is -2.30. The van der Waals surface area contributed by atoms with Crippen LogP contribution in [0.5, 0.6) is 0 Å². The summed E-state index contributed by atoms with van der Waals surface area (Å²) in [5.41, 5.74) is 4.08. The Labute approximate surface area is 127 Å². The van der Waals surface area contributed by atoms with Gasteiger partial charge in [0.2, 0.25) is 0 Å². The minimum absolute atomic E-state index is 0.0926. The third-order valence-corrected chi connectivity index (χ3v) is 3.85. The van der Waals surface area contributed by atoms with Gasteiger partial charge < -0.3 is 4.57 Å². The molecule has 1 atom stereocenters. The Morgan fingerprint density at radius 1 is 1.37 bits per heavy atom. The normalized spacial score (nSPS) is 12.6. The number of aromatic nitrogens is 2. The van der Waals surface area contributed by atoms with Crippen LogP contribution in [0.25, 0.3) is 0 Å². The Hall–Kier alpha value is -0.920.